The molecule has 7 heteroatoms. The molecule has 21 heavy (non-hydrogen) atoms. The maximum absolute atomic E-state index is 12.9. The van der Waals surface area contributed by atoms with Crippen molar-refractivity contribution in [2.75, 3.05) is 0 Å². The van der Waals surface area contributed by atoms with Crippen LogP contribution < -0.4 is 0 Å². The van der Waals surface area contributed by atoms with E-state index in [2.05, 4.69) is 10.1 Å². The number of carboxylic acid groups (broad SMARTS) is 1. The van der Waals surface area contributed by atoms with E-state index in [0.29, 0.717) is 17.2 Å². The molecular formula is C14H10FN3O2S. The lowest BCUT2D eigenvalue weighted by Gasteiger charge is -2.01. The highest BCUT2D eigenvalue weighted by molar-refractivity contribution is 7.13. The molecule has 0 aliphatic heterocycles. The zero-order valence-corrected chi connectivity index (χ0v) is 11.5. The molecule has 0 amide bonds. The summed E-state index contributed by atoms with van der Waals surface area (Å²) in [6.45, 7) is 0.367. The Morgan fingerprint density at radius 3 is 2.71 bits per heavy atom. The number of hydrogen-bond donors (Lipinski definition) is 1. The summed E-state index contributed by atoms with van der Waals surface area (Å²) in [5.74, 6) is -1.36. The molecular weight excluding hydrogens is 293 g/mol. The summed E-state index contributed by atoms with van der Waals surface area (Å²) in [5, 5.41) is 15.9. The third-order valence-electron chi connectivity index (χ3n) is 2.88. The molecule has 0 spiro atoms. The molecule has 106 valence electrons. The highest BCUT2D eigenvalue weighted by Gasteiger charge is 2.18. The van der Waals surface area contributed by atoms with Crippen molar-refractivity contribution in [3.63, 3.8) is 0 Å². The zero-order valence-electron chi connectivity index (χ0n) is 10.7. The van der Waals surface area contributed by atoms with Gasteiger partial charge in [0.1, 0.15) is 22.1 Å². The number of thiazole rings is 1. The lowest BCUT2D eigenvalue weighted by atomic mass is 10.2. The fourth-order valence-electron chi connectivity index (χ4n) is 1.93. The average Bonchev–Trinajstić information content (AvgIpc) is 3.10. The quantitative estimate of drug-likeness (QED) is 0.804. The number of nitrogens with zero attached hydrogens (tertiary/aromatic N) is 3. The van der Waals surface area contributed by atoms with E-state index in [1.54, 1.807) is 23.7 Å². The lowest BCUT2D eigenvalue weighted by Crippen LogP contribution is -2.00. The summed E-state index contributed by atoms with van der Waals surface area (Å²) in [4.78, 5) is 15.4. The van der Waals surface area contributed by atoms with E-state index >= 15 is 0 Å². The van der Waals surface area contributed by atoms with E-state index in [4.69, 9.17) is 0 Å². The highest BCUT2D eigenvalue weighted by atomic mass is 32.1. The molecule has 1 aromatic carbocycles. The van der Waals surface area contributed by atoms with E-state index in [1.165, 1.54) is 34.3 Å². The van der Waals surface area contributed by atoms with Crippen LogP contribution in [0.15, 0.2) is 42.0 Å². The van der Waals surface area contributed by atoms with Crippen molar-refractivity contribution in [1.29, 1.82) is 0 Å². The van der Waals surface area contributed by atoms with E-state index in [0.717, 1.165) is 5.56 Å². The predicted octanol–water partition coefficient (Wildman–Crippen LogP) is 2.89. The molecule has 3 aromatic rings. The molecule has 0 radical (unpaired) electrons. The summed E-state index contributed by atoms with van der Waals surface area (Å²) in [7, 11) is 0. The standard InChI is InChI=1S/C14H10FN3O2S/c15-10-3-1-9(2-4-10)7-18-8-11(14(19)20)12(17-18)13-16-5-6-21-13/h1-6,8H,7H2,(H,19,20). The van der Waals surface area contributed by atoms with Gasteiger partial charge >= 0.3 is 5.97 Å². The first-order chi connectivity index (χ1) is 10.1. The highest BCUT2D eigenvalue weighted by Crippen LogP contribution is 2.24. The molecule has 3 rings (SSSR count). The molecule has 2 aromatic heterocycles. The van der Waals surface area contributed by atoms with Gasteiger partial charge in [-0.2, -0.15) is 5.10 Å². The Balaban J connectivity index is 1.95. The van der Waals surface area contributed by atoms with Crippen LogP contribution in [0.25, 0.3) is 10.7 Å². The van der Waals surface area contributed by atoms with E-state index in [-0.39, 0.29) is 11.4 Å². The SMILES string of the molecule is O=C(O)c1cn(Cc2ccc(F)cc2)nc1-c1nccs1. The summed E-state index contributed by atoms with van der Waals surface area (Å²) >= 11 is 1.33. The molecule has 5 nitrogen and oxygen atoms in total. The minimum atomic E-state index is -1.05. The maximum Gasteiger partial charge on any atom is 0.339 e. The largest absolute Gasteiger partial charge is 0.478 e. The van der Waals surface area contributed by atoms with Gasteiger partial charge in [-0.05, 0) is 17.7 Å². The fraction of sp³-hybridized carbons (Fsp3) is 0.0714. The molecule has 0 fully saturated rings. The summed E-state index contributed by atoms with van der Waals surface area (Å²) in [6.07, 6.45) is 3.06. The van der Waals surface area contributed by atoms with E-state index in [1.807, 2.05) is 0 Å². The fourth-order valence-corrected chi connectivity index (χ4v) is 2.57. The van der Waals surface area contributed by atoms with Gasteiger partial charge in [-0.3, -0.25) is 4.68 Å². The second-order valence-corrected chi connectivity index (χ2v) is 5.25. The van der Waals surface area contributed by atoms with Gasteiger partial charge < -0.3 is 5.11 Å². The summed E-state index contributed by atoms with van der Waals surface area (Å²) in [6, 6.07) is 6.00. The van der Waals surface area contributed by atoms with Crippen molar-refractivity contribution in [3.05, 3.63) is 59.0 Å². The van der Waals surface area contributed by atoms with Crippen molar-refractivity contribution in [1.82, 2.24) is 14.8 Å². The molecule has 0 saturated carbocycles. The number of hydrogen-bond acceptors (Lipinski definition) is 4. The molecule has 0 bridgehead atoms. The minimum Gasteiger partial charge on any atom is -0.478 e. The first-order valence-electron chi connectivity index (χ1n) is 6.08. The normalized spacial score (nSPS) is 10.7. The van der Waals surface area contributed by atoms with Crippen LogP contribution in [0.3, 0.4) is 0 Å². The van der Waals surface area contributed by atoms with Gasteiger partial charge in [-0.15, -0.1) is 11.3 Å². The van der Waals surface area contributed by atoms with Crippen LogP contribution in [0.2, 0.25) is 0 Å². The number of aromatic nitrogens is 3. The molecule has 0 unspecified atom stereocenters. The van der Waals surface area contributed by atoms with Gasteiger partial charge in [0.15, 0.2) is 0 Å². The van der Waals surface area contributed by atoms with Crippen molar-refractivity contribution in [3.8, 4) is 10.7 Å². The first-order valence-corrected chi connectivity index (χ1v) is 6.96. The second kappa shape index (κ2) is 5.45. The molecule has 1 N–H and O–H groups in total. The molecule has 0 aliphatic carbocycles. The third kappa shape index (κ3) is 2.82. The van der Waals surface area contributed by atoms with Crippen LogP contribution in [0.4, 0.5) is 4.39 Å². The Hall–Kier alpha value is -2.54. The minimum absolute atomic E-state index is 0.104. The van der Waals surface area contributed by atoms with Gasteiger partial charge in [0.2, 0.25) is 0 Å². The number of carbonyl (C=O) groups is 1. The van der Waals surface area contributed by atoms with Crippen molar-refractivity contribution < 1.29 is 14.3 Å². The van der Waals surface area contributed by atoms with Crippen LogP contribution >= 0.6 is 11.3 Å². The summed E-state index contributed by atoms with van der Waals surface area (Å²) in [5.41, 5.74) is 1.29. The smallest absolute Gasteiger partial charge is 0.339 e. The Morgan fingerprint density at radius 2 is 2.10 bits per heavy atom. The van der Waals surface area contributed by atoms with E-state index < -0.39 is 5.97 Å². The van der Waals surface area contributed by atoms with Crippen LogP contribution in [-0.2, 0) is 6.54 Å². The number of carboxylic acids is 1. The van der Waals surface area contributed by atoms with Crippen LogP contribution in [0, 0.1) is 5.82 Å². The lowest BCUT2D eigenvalue weighted by molar-refractivity contribution is 0.0697. The number of aromatic carboxylic acids is 1. The Morgan fingerprint density at radius 1 is 1.33 bits per heavy atom. The topological polar surface area (TPSA) is 68.0 Å². The first kappa shape index (κ1) is 13.4. The van der Waals surface area contributed by atoms with Crippen molar-refractivity contribution in [2.45, 2.75) is 6.54 Å². The molecule has 0 saturated heterocycles. The molecule has 0 aliphatic rings. The monoisotopic (exact) mass is 303 g/mol. The zero-order chi connectivity index (χ0) is 14.8. The van der Waals surface area contributed by atoms with Crippen LogP contribution in [0.5, 0.6) is 0 Å². The Kier molecular flexibility index (Phi) is 3.49. The second-order valence-electron chi connectivity index (χ2n) is 4.36. The van der Waals surface area contributed by atoms with Gasteiger partial charge in [0.05, 0.1) is 6.54 Å². The Bertz CT molecular complexity index is 766. The average molecular weight is 303 g/mol. The van der Waals surface area contributed by atoms with Crippen molar-refractivity contribution >= 4 is 17.3 Å². The number of benzene rings is 1. The predicted molar refractivity (Wildman–Crippen MR) is 75.8 cm³/mol. The van der Waals surface area contributed by atoms with E-state index in [9.17, 15) is 14.3 Å². The number of rotatable bonds is 4. The number of halogens is 1. The van der Waals surface area contributed by atoms with Gasteiger partial charge in [-0.25, -0.2) is 14.2 Å². The van der Waals surface area contributed by atoms with Crippen LogP contribution in [0.1, 0.15) is 15.9 Å². The molecule has 0 atom stereocenters. The van der Waals surface area contributed by atoms with Crippen molar-refractivity contribution in [2.24, 2.45) is 0 Å². The summed E-state index contributed by atoms with van der Waals surface area (Å²) < 4.78 is 14.4. The maximum atomic E-state index is 12.9. The van der Waals surface area contributed by atoms with Crippen LogP contribution in [-0.4, -0.2) is 25.8 Å². The third-order valence-corrected chi connectivity index (χ3v) is 3.66. The van der Waals surface area contributed by atoms with Gasteiger partial charge in [-0.1, -0.05) is 12.1 Å². The molecule has 2 heterocycles. The van der Waals surface area contributed by atoms with Gasteiger partial charge in [0, 0.05) is 17.8 Å². The van der Waals surface area contributed by atoms with Gasteiger partial charge in [0.25, 0.3) is 0 Å². The Labute approximate surface area is 123 Å².